The largest absolute Gasteiger partial charge is 0.497 e. The summed E-state index contributed by atoms with van der Waals surface area (Å²) in [5, 5.41) is 0. The number of Topliss-reactive ketones (excluding diaryl/α,β-unsaturated/α-hetero) is 1. The maximum Gasteiger partial charge on any atom is 0.242 e. The van der Waals surface area contributed by atoms with Crippen LogP contribution >= 0.6 is 0 Å². The van der Waals surface area contributed by atoms with Crippen LogP contribution in [0.2, 0.25) is 0 Å². The van der Waals surface area contributed by atoms with Crippen molar-refractivity contribution in [3.8, 4) is 28.0 Å². The second kappa shape index (κ2) is 8.62. The first kappa shape index (κ1) is 19.4. The van der Waals surface area contributed by atoms with E-state index in [4.69, 9.17) is 4.74 Å². The van der Waals surface area contributed by atoms with Gasteiger partial charge < -0.3 is 9.30 Å². The van der Waals surface area contributed by atoms with Crippen LogP contribution in [0.3, 0.4) is 0 Å². The normalized spacial score (nSPS) is 10.6. The fourth-order valence-electron chi connectivity index (χ4n) is 3.66. The lowest BCUT2D eigenvalue weighted by molar-refractivity contribution is -0.104. The topological polar surface area (TPSA) is 48.3 Å². The molecule has 0 spiro atoms. The summed E-state index contributed by atoms with van der Waals surface area (Å²) < 4.78 is 7.09. The Bertz CT molecular complexity index is 1160. The third-order valence-electron chi connectivity index (χ3n) is 5.08. The number of hydrogen-bond donors (Lipinski definition) is 0. The van der Waals surface area contributed by atoms with Gasteiger partial charge in [0, 0.05) is 23.9 Å². The zero-order chi connectivity index (χ0) is 20.9. The molecule has 1 heterocycles. The molecule has 4 rings (SSSR count). The molecule has 0 radical (unpaired) electrons. The average molecular weight is 395 g/mol. The molecular weight excluding hydrogens is 374 g/mol. The van der Waals surface area contributed by atoms with Crippen molar-refractivity contribution in [3.63, 3.8) is 0 Å². The van der Waals surface area contributed by atoms with Crippen molar-refractivity contribution in [2.45, 2.75) is 6.54 Å². The highest BCUT2D eigenvalue weighted by Gasteiger charge is 2.23. The molecule has 0 amide bonds. The number of nitrogens with zero attached hydrogens (tertiary/aromatic N) is 1. The number of aldehydes is 1. The van der Waals surface area contributed by atoms with E-state index in [1.807, 2.05) is 95.7 Å². The first-order valence-corrected chi connectivity index (χ1v) is 9.67. The highest BCUT2D eigenvalue weighted by Crippen LogP contribution is 2.37. The average Bonchev–Trinajstić information content (AvgIpc) is 3.19. The highest BCUT2D eigenvalue weighted by molar-refractivity contribution is 6.35. The molecule has 0 bridgehead atoms. The number of rotatable bonds is 7. The van der Waals surface area contributed by atoms with E-state index in [1.54, 1.807) is 7.11 Å². The Morgan fingerprint density at radius 1 is 0.867 bits per heavy atom. The highest BCUT2D eigenvalue weighted by atomic mass is 16.5. The fraction of sp³-hybridized carbons (Fsp3) is 0.0769. The number of ether oxygens (including phenoxy) is 1. The molecule has 1 aromatic heterocycles. The van der Waals surface area contributed by atoms with Gasteiger partial charge in [-0.15, -0.1) is 0 Å². The van der Waals surface area contributed by atoms with E-state index in [2.05, 4.69) is 0 Å². The molecule has 30 heavy (non-hydrogen) atoms. The van der Waals surface area contributed by atoms with Crippen molar-refractivity contribution in [2.75, 3.05) is 7.11 Å². The fourth-order valence-corrected chi connectivity index (χ4v) is 3.66. The van der Waals surface area contributed by atoms with Crippen LogP contribution in [0.25, 0.3) is 22.3 Å². The lowest BCUT2D eigenvalue weighted by Crippen LogP contribution is -2.11. The maximum absolute atomic E-state index is 12.8. The Kier molecular flexibility index (Phi) is 5.57. The predicted molar refractivity (Wildman–Crippen MR) is 118 cm³/mol. The summed E-state index contributed by atoms with van der Waals surface area (Å²) in [5.74, 6) is 0.231. The number of hydrogen-bond acceptors (Lipinski definition) is 3. The molecule has 0 N–H and O–H groups in total. The van der Waals surface area contributed by atoms with Crippen molar-refractivity contribution < 1.29 is 14.3 Å². The van der Waals surface area contributed by atoms with Crippen molar-refractivity contribution >= 4 is 12.1 Å². The van der Waals surface area contributed by atoms with Crippen molar-refractivity contribution in [1.82, 2.24) is 4.57 Å². The minimum absolute atomic E-state index is 0.390. The lowest BCUT2D eigenvalue weighted by atomic mass is 9.96. The monoisotopic (exact) mass is 395 g/mol. The van der Waals surface area contributed by atoms with Gasteiger partial charge in [0.25, 0.3) is 0 Å². The van der Waals surface area contributed by atoms with E-state index < -0.39 is 5.78 Å². The molecule has 0 aliphatic heterocycles. The molecule has 3 aromatic carbocycles. The van der Waals surface area contributed by atoms with E-state index in [0.29, 0.717) is 18.5 Å². The molecule has 0 fully saturated rings. The van der Waals surface area contributed by atoms with Crippen molar-refractivity contribution in [1.29, 1.82) is 0 Å². The van der Waals surface area contributed by atoms with Crippen LogP contribution in [0.5, 0.6) is 5.75 Å². The van der Waals surface area contributed by atoms with Crippen LogP contribution in [0.15, 0.2) is 91.1 Å². The molecule has 0 saturated heterocycles. The second-order valence-electron chi connectivity index (χ2n) is 6.96. The van der Waals surface area contributed by atoms with Crippen LogP contribution < -0.4 is 4.74 Å². The molecule has 148 valence electrons. The number of ketones is 1. The van der Waals surface area contributed by atoms with E-state index in [9.17, 15) is 9.59 Å². The molecular formula is C26H21NO3. The second-order valence-corrected chi connectivity index (χ2v) is 6.96. The van der Waals surface area contributed by atoms with Crippen LogP contribution in [0.1, 0.15) is 16.1 Å². The Morgan fingerprint density at radius 2 is 1.47 bits per heavy atom. The quantitative estimate of drug-likeness (QED) is 0.244. The number of carbonyl (C=O) groups excluding carboxylic acids is 2. The molecule has 0 unspecified atom stereocenters. The summed E-state index contributed by atoms with van der Waals surface area (Å²) in [6, 6.07) is 27.3. The Morgan fingerprint density at radius 3 is 2.03 bits per heavy atom. The Balaban J connectivity index is 1.92. The van der Waals surface area contributed by atoms with Crippen LogP contribution in [0, 0.1) is 0 Å². The van der Waals surface area contributed by atoms with Crippen molar-refractivity contribution in [3.05, 3.63) is 102 Å². The van der Waals surface area contributed by atoms with E-state index in [-0.39, 0.29) is 0 Å². The van der Waals surface area contributed by atoms with Gasteiger partial charge >= 0.3 is 0 Å². The van der Waals surface area contributed by atoms with Gasteiger partial charge in [-0.05, 0) is 28.8 Å². The van der Waals surface area contributed by atoms with Crippen LogP contribution in [-0.2, 0) is 11.3 Å². The van der Waals surface area contributed by atoms with E-state index >= 15 is 0 Å². The third-order valence-corrected chi connectivity index (χ3v) is 5.08. The molecule has 0 aliphatic rings. The first-order chi connectivity index (χ1) is 14.7. The summed E-state index contributed by atoms with van der Waals surface area (Å²) in [4.78, 5) is 24.3. The van der Waals surface area contributed by atoms with Gasteiger partial charge in [-0.3, -0.25) is 9.59 Å². The minimum atomic E-state index is -0.537. The molecule has 0 aliphatic carbocycles. The summed E-state index contributed by atoms with van der Waals surface area (Å²) >= 11 is 0. The van der Waals surface area contributed by atoms with Gasteiger partial charge in [0.2, 0.25) is 5.78 Å². The summed E-state index contributed by atoms with van der Waals surface area (Å²) in [6.45, 7) is 0.464. The van der Waals surface area contributed by atoms with Gasteiger partial charge in [-0.1, -0.05) is 72.8 Å². The zero-order valence-corrected chi connectivity index (χ0v) is 16.6. The molecule has 0 atom stereocenters. The summed E-state index contributed by atoms with van der Waals surface area (Å²) in [7, 11) is 1.63. The third kappa shape index (κ3) is 3.80. The van der Waals surface area contributed by atoms with E-state index in [0.717, 1.165) is 33.6 Å². The lowest BCUT2D eigenvalue weighted by Gasteiger charge is -2.10. The Labute approximate surface area is 175 Å². The number of methoxy groups -OCH3 is 1. The molecule has 4 heteroatoms. The Hall–Kier alpha value is -3.92. The van der Waals surface area contributed by atoms with Gasteiger partial charge in [0.05, 0.1) is 7.11 Å². The number of aromatic nitrogens is 1. The minimum Gasteiger partial charge on any atom is -0.497 e. The van der Waals surface area contributed by atoms with Gasteiger partial charge in [0.1, 0.15) is 11.4 Å². The summed E-state index contributed by atoms with van der Waals surface area (Å²) in [5.41, 5.74) is 4.98. The standard InChI is InChI=1S/C26H21NO3/c1-30-22-14-12-19(13-15-22)16-27-17-23(20-8-4-2-5-9-20)25(26(27)24(29)18-28)21-10-6-3-7-11-21/h2-15,17-18H,16H2,1H3. The predicted octanol–water partition coefficient (Wildman–Crippen LogP) is 5.26. The first-order valence-electron chi connectivity index (χ1n) is 9.67. The van der Waals surface area contributed by atoms with Gasteiger partial charge in [-0.25, -0.2) is 0 Å². The van der Waals surface area contributed by atoms with Crippen LogP contribution in [-0.4, -0.2) is 23.7 Å². The number of benzene rings is 3. The molecule has 4 nitrogen and oxygen atoms in total. The summed E-state index contributed by atoms with van der Waals surface area (Å²) in [6.07, 6.45) is 2.35. The maximum atomic E-state index is 12.8. The molecule has 0 saturated carbocycles. The van der Waals surface area contributed by atoms with Crippen LogP contribution in [0.4, 0.5) is 0 Å². The number of carbonyl (C=O) groups is 2. The molecule has 4 aromatic rings. The van der Waals surface area contributed by atoms with Crippen molar-refractivity contribution in [2.24, 2.45) is 0 Å². The van der Waals surface area contributed by atoms with Gasteiger partial charge in [0.15, 0.2) is 6.29 Å². The SMILES string of the molecule is COc1ccc(Cn2cc(-c3ccccc3)c(-c3ccccc3)c2C(=O)C=O)cc1. The van der Waals surface area contributed by atoms with Gasteiger partial charge in [-0.2, -0.15) is 0 Å². The van der Waals surface area contributed by atoms with E-state index in [1.165, 1.54) is 0 Å². The smallest absolute Gasteiger partial charge is 0.242 e. The zero-order valence-electron chi connectivity index (χ0n) is 16.6.